The van der Waals surface area contributed by atoms with Crippen molar-refractivity contribution in [1.82, 2.24) is 0 Å². The smallest absolute Gasteiger partial charge is 0.323 e. The van der Waals surface area contributed by atoms with Gasteiger partial charge in [0, 0.05) is 0 Å². The average Bonchev–Trinajstić information content (AvgIpc) is 2.22. The molecule has 3 nitrogen and oxygen atoms in total. The first-order chi connectivity index (χ1) is 7.20. The lowest BCUT2D eigenvalue weighted by Crippen LogP contribution is -2.31. The van der Waals surface area contributed by atoms with Gasteiger partial charge >= 0.3 is 5.97 Å². The van der Waals surface area contributed by atoms with Gasteiger partial charge in [-0.3, -0.25) is 4.79 Å². The summed E-state index contributed by atoms with van der Waals surface area (Å²) in [5.41, 5.74) is 0. The Hall–Kier alpha value is -1.04. The molecule has 84 valence electrons. The van der Waals surface area contributed by atoms with Crippen molar-refractivity contribution in [2.24, 2.45) is 17.8 Å². The molecular formula is C12H19NO2. The van der Waals surface area contributed by atoms with E-state index in [1.54, 1.807) is 6.92 Å². The number of nitriles is 1. The molecule has 1 rings (SSSR count). The van der Waals surface area contributed by atoms with Crippen LogP contribution in [-0.2, 0) is 9.53 Å². The van der Waals surface area contributed by atoms with E-state index in [-0.39, 0.29) is 11.9 Å². The fourth-order valence-electron chi connectivity index (χ4n) is 2.40. The van der Waals surface area contributed by atoms with Crippen molar-refractivity contribution in [3.63, 3.8) is 0 Å². The van der Waals surface area contributed by atoms with E-state index in [0.717, 1.165) is 19.3 Å². The maximum atomic E-state index is 11.6. The van der Waals surface area contributed by atoms with Crippen LogP contribution in [0, 0.1) is 29.1 Å². The van der Waals surface area contributed by atoms with Gasteiger partial charge in [-0.25, -0.2) is 0 Å². The summed E-state index contributed by atoms with van der Waals surface area (Å²) in [6, 6.07) is 2.11. The molecule has 1 aliphatic carbocycles. The van der Waals surface area contributed by atoms with E-state index < -0.39 is 5.92 Å². The highest BCUT2D eigenvalue weighted by Crippen LogP contribution is 2.35. The molecule has 1 unspecified atom stereocenters. The Balaban J connectivity index is 2.64. The second kappa shape index (κ2) is 5.75. The SMILES string of the molecule is CCOC(=O)C(C#N)[C@H]1CCCC[C@H]1C. The molecule has 3 atom stereocenters. The first-order valence-electron chi connectivity index (χ1n) is 5.77. The molecule has 0 aromatic carbocycles. The van der Waals surface area contributed by atoms with Crippen molar-refractivity contribution in [1.29, 1.82) is 5.26 Å². The number of hydrogen-bond acceptors (Lipinski definition) is 3. The van der Waals surface area contributed by atoms with Gasteiger partial charge in [0.15, 0.2) is 0 Å². The second-order valence-electron chi connectivity index (χ2n) is 4.28. The van der Waals surface area contributed by atoms with Gasteiger partial charge in [-0.15, -0.1) is 0 Å². The van der Waals surface area contributed by atoms with Crippen LogP contribution in [0.5, 0.6) is 0 Å². The quantitative estimate of drug-likeness (QED) is 0.671. The average molecular weight is 209 g/mol. The summed E-state index contributed by atoms with van der Waals surface area (Å²) in [5.74, 6) is -0.227. The molecule has 15 heavy (non-hydrogen) atoms. The van der Waals surface area contributed by atoms with E-state index in [0.29, 0.717) is 12.5 Å². The number of nitrogens with zero attached hydrogens (tertiary/aromatic N) is 1. The minimum Gasteiger partial charge on any atom is -0.465 e. The zero-order valence-corrected chi connectivity index (χ0v) is 9.53. The standard InChI is InChI=1S/C12H19NO2/c1-3-15-12(14)11(8-13)10-7-5-4-6-9(10)2/h9-11H,3-7H2,1-2H3/t9-,10+,11?/m1/s1. The maximum Gasteiger partial charge on any atom is 0.323 e. The van der Waals surface area contributed by atoms with E-state index in [2.05, 4.69) is 13.0 Å². The van der Waals surface area contributed by atoms with E-state index in [1.165, 1.54) is 6.42 Å². The van der Waals surface area contributed by atoms with E-state index in [9.17, 15) is 4.79 Å². The molecule has 0 amide bonds. The molecule has 0 bridgehead atoms. The van der Waals surface area contributed by atoms with Crippen molar-refractivity contribution in [3.05, 3.63) is 0 Å². The van der Waals surface area contributed by atoms with Crippen LogP contribution in [0.25, 0.3) is 0 Å². The Morgan fingerprint density at radius 3 is 2.73 bits per heavy atom. The molecule has 0 heterocycles. The van der Waals surface area contributed by atoms with Crippen LogP contribution < -0.4 is 0 Å². The molecular weight excluding hydrogens is 190 g/mol. The summed E-state index contributed by atoms with van der Waals surface area (Å²) >= 11 is 0. The normalized spacial score (nSPS) is 27.8. The van der Waals surface area contributed by atoms with Crippen LogP contribution in [0.15, 0.2) is 0 Å². The van der Waals surface area contributed by atoms with Crippen molar-refractivity contribution < 1.29 is 9.53 Å². The van der Waals surface area contributed by atoms with Crippen LogP contribution in [0.2, 0.25) is 0 Å². The fraction of sp³-hybridized carbons (Fsp3) is 0.833. The highest BCUT2D eigenvalue weighted by atomic mass is 16.5. The van der Waals surface area contributed by atoms with Crippen molar-refractivity contribution >= 4 is 5.97 Å². The first-order valence-corrected chi connectivity index (χ1v) is 5.77. The number of carbonyl (C=O) groups excluding carboxylic acids is 1. The molecule has 0 aromatic heterocycles. The van der Waals surface area contributed by atoms with Gasteiger partial charge < -0.3 is 4.74 Å². The summed E-state index contributed by atoms with van der Waals surface area (Å²) < 4.78 is 4.94. The lowest BCUT2D eigenvalue weighted by atomic mass is 9.74. The number of carbonyl (C=O) groups is 1. The van der Waals surface area contributed by atoms with Gasteiger partial charge in [-0.1, -0.05) is 26.2 Å². The van der Waals surface area contributed by atoms with Crippen molar-refractivity contribution in [3.8, 4) is 6.07 Å². The molecule has 3 heteroatoms. The molecule has 1 fully saturated rings. The number of esters is 1. The number of hydrogen-bond donors (Lipinski definition) is 0. The number of rotatable bonds is 3. The van der Waals surface area contributed by atoms with Gasteiger partial charge in [0.2, 0.25) is 0 Å². The second-order valence-corrected chi connectivity index (χ2v) is 4.28. The molecule has 0 radical (unpaired) electrons. The first kappa shape index (κ1) is 12.0. The summed E-state index contributed by atoms with van der Waals surface area (Å²) in [6.45, 7) is 4.27. The zero-order valence-electron chi connectivity index (χ0n) is 9.53. The van der Waals surface area contributed by atoms with Gasteiger partial charge in [0.05, 0.1) is 12.7 Å². The van der Waals surface area contributed by atoms with Crippen molar-refractivity contribution in [2.75, 3.05) is 6.61 Å². The van der Waals surface area contributed by atoms with Crippen LogP contribution in [0.4, 0.5) is 0 Å². The molecule has 0 spiro atoms. The highest BCUT2D eigenvalue weighted by molar-refractivity contribution is 5.75. The van der Waals surface area contributed by atoms with Gasteiger partial charge in [-0.2, -0.15) is 5.26 Å². The number of ether oxygens (including phenoxy) is 1. The highest BCUT2D eigenvalue weighted by Gasteiger charge is 2.34. The van der Waals surface area contributed by atoms with Gasteiger partial charge in [0.1, 0.15) is 5.92 Å². The Labute approximate surface area is 91.4 Å². The fourth-order valence-corrected chi connectivity index (χ4v) is 2.40. The molecule has 1 aliphatic rings. The van der Waals surface area contributed by atoms with Gasteiger partial charge in [-0.05, 0) is 25.2 Å². The Kier molecular flexibility index (Phi) is 4.61. The van der Waals surface area contributed by atoms with Crippen LogP contribution in [0.1, 0.15) is 39.5 Å². The summed E-state index contributed by atoms with van der Waals surface area (Å²) in [4.78, 5) is 11.6. The lowest BCUT2D eigenvalue weighted by molar-refractivity contribution is -0.148. The summed E-state index contributed by atoms with van der Waals surface area (Å²) in [6.07, 6.45) is 4.46. The maximum absolute atomic E-state index is 11.6. The third kappa shape index (κ3) is 2.95. The predicted octanol–water partition coefficient (Wildman–Crippen LogP) is 2.52. The topological polar surface area (TPSA) is 50.1 Å². The molecule has 1 saturated carbocycles. The van der Waals surface area contributed by atoms with Crippen LogP contribution >= 0.6 is 0 Å². The summed E-state index contributed by atoms with van der Waals surface area (Å²) in [7, 11) is 0. The molecule has 0 aliphatic heterocycles. The Bertz CT molecular complexity index is 257. The molecule has 0 aromatic rings. The third-order valence-corrected chi connectivity index (χ3v) is 3.29. The molecule has 0 saturated heterocycles. The largest absolute Gasteiger partial charge is 0.465 e. The minimum absolute atomic E-state index is 0.197. The Morgan fingerprint density at radius 2 is 2.20 bits per heavy atom. The van der Waals surface area contributed by atoms with Crippen molar-refractivity contribution in [2.45, 2.75) is 39.5 Å². The Morgan fingerprint density at radius 1 is 1.53 bits per heavy atom. The minimum atomic E-state index is -0.555. The van der Waals surface area contributed by atoms with Gasteiger partial charge in [0.25, 0.3) is 0 Å². The monoisotopic (exact) mass is 209 g/mol. The lowest BCUT2D eigenvalue weighted by Gasteiger charge is -2.30. The molecule has 0 N–H and O–H groups in total. The van der Waals surface area contributed by atoms with E-state index >= 15 is 0 Å². The van der Waals surface area contributed by atoms with E-state index in [1.807, 2.05) is 0 Å². The zero-order chi connectivity index (χ0) is 11.3. The summed E-state index contributed by atoms with van der Waals surface area (Å²) in [5, 5.41) is 9.04. The third-order valence-electron chi connectivity index (χ3n) is 3.29. The predicted molar refractivity (Wildman–Crippen MR) is 56.9 cm³/mol. The van der Waals surface area contributed by atoms with E-state index in [4.69, 9.17) is 10.00 Å². The van der Waals surface area contributed by atoms with Crippen LogP contribution in [0.3, 0.4) is 0 Å². The van der Waals surface area contributed by atoms with Crippen LogP contribution in [-0.4, -0.2) is 12.6 Å².